The van der Waals surface area contributed by atoms with Crippen molar-refractivity contribution < 1.29 is 29.3 Å². The maximum absolute atomic E-state index is 12.7. The molecule has 7 heteroatoms. The number of nitrogens with zero attached hydrogens (tertiary/aromatic N) is 1. The second-order valence-electron chi connectivity index (χ2n) is 7.03. The molecule has 7 nitrogen and oxygen atoms in total. The molecule has 1 heterocycles. The van der Waals surface area contributed by atoms with E-state index in [4.69, 9.17) is 14.6 Å². The number of hydrogen-bond donors (Lipinski definition) is 2. The van der Waals surface area contributed by atoms with Crippen LogP contribution < -0.4 is 9.47 Å². The molecule has 1 amide bonds. The molecule has 0 aliphatic carbocycles. The van der Waals surface area contributed by atoms with Gasteiger partial charge in [0.2, 0.25) is 0 Å². The molecule has 2 rings (SSSR count). The number of carbonyl (C=O) groups is 2. The molecule has 2 N–H and O–H groups in total. The maximum Gasteiger partial charge on any atom is 0.335 e. The Bertz CT molecular complexity index is 649. The lowest BCUT2D eigenvalue weighted by Gasteiger charge is -2.35. The minimum Gasteiger partial charge on any atom is -0.493 e. The fraction of sp³-hybridized carbons (Fsp3) is 0.579. The van der Waals surface area contributed by atoms with E-state index in [0.717, 1.165) is 6.42 Å². The first-order valence-electron chi connectivity index (χ1n) is 8.82. The average Bonchev–Trinajstić information content (AvgIpc) is 2.61. The molecule has 1 aromatic rings. The third-order valence-corrected chi connectivity index (χ3v) is 4.64. The van der Waals surface area contributed by atoms with Gasteiger partial charge in [0.15, 0.2) is 17.1 Å². The van der Waals surface area contributed by atoms with Gasteiger partial charge in [-0.05, 0) is 30.5 Å². The zero-order valence-corrected chi connectivity index (χ0v) is 15.5. The molecule has 0 aromatic heterocycles. The number of hydrogen-bond acceptors (Lipinski definition) is 5. The Balaban J connectivity index is 2.04. The van der Waals surface area contributed by atoms with Gasteiger partial charge in [0.1, 0.15) is 0 Å². The SMILES string of the molecule is COc1cc(C(=O)N2CCC(O)(C(=O)O)CC2)ccc1OCCC(C)C. The number of carboxylic acid groups (broad SMARTS) is 1. The average molecular weight is 365 g/mol. The quantitative estimate of drug-likeness (QED) is 0.769. The van der Waals surface area contributed by atoms with E-state index in [1.807, 2.05) is 0 Å². The molecule has 1 saturated heterocycles. The highest BCUT2D eigenvalue weighted by Crippen LogP contribution is 2.30. The summed E-state index contributed by atoms with van der Waals surface area (Å²) in [5.41, 5.74) is -1.30. The first-order chi connectivity index (χ1) is 12.3. The monoisotopic (exact) mass is 365 g/mol. The van der Waals surface area contributed by atoms with Crippen LogP contribution in [0.1, 0.15) is 43.5 Å². The number of piperidine rings is 1. The fourth-order valence-corrected chi connectivity index (χ4v) is 2.80. The number of carboxylic acids is 1. The summed E-state index contributed by atoms with van der Waals surface area (Å²) in [6.07, 6.45) is 0.952. The van der Waals surface area contributed by atoms with Crippen LogP contribution in [-0.4, -0.2) is 59.4 Å². The van der Waals surface area contributed by atoms with Gasteiger partial charge in [0.25, 0.3) is 5.91 Å². The molecule has 0 atom stereocenters. The van der Waals surface area contributed by atoms with E-state index in [0.29, 0.717) is 29.6 Å². The number of methoxy groups -OCH3 is 1. The molecule has 0 bridgehead atoms. The van der Waals surface area contributed by atoms with Gasteiger partial charge < -0.3 is 24.6 Å². The van der Waals surface area contributed by atoms with Crippen molar-refractivity contribution in [2.24, 2.45) is 5.92 Å². The van der Waals surface area contributed by atoms with Crippen LogP contribution in [0, 0.1) is 5.92 Å². The van der Waals surface area contributed by atoms with Gasteiger partial charge in [-0.15, -0.1) is 0 Å². The van der Waals surface area contributed by atoms with Crippen LogP contribution in [0.2, 0.25) is 0 Å². The molecule has 1 aromatic carbocycles. The minimum atomic E-state index is -1.75. The van der Waals surface area contributed by atoms with Crippen LogP contribution in [-0.2, 0) is 4.79 Å². The molecular weight excluding hydrogens is 338 g/mol. The number of aliphatic carboxylic acids is 1. The standard InChI is InChI=1S/C19H27NO6/c1-13(2)6-11-26-15-5-4-14(12-16(15)25-3)17(21)20-9-7-19(24,8-10-20)18(22)23/h4-5,12-13,24H,6-11H2,1-3H3,(H,22,23). The summed E-state index contributed by atoms with van der Waals surface area (Å²) in [6.45, 7) is 5.19. The lowest BCUT2D eigenvalue weighted by atomic mass is 9.91. The van der Waals surface area contributed by atoms with Crippen LogP contribution in [0.3, 0.4) is 0 Å². The topological polar surface area (TPSA) is 96.3 Å². The number of ether oxygens (including phenoxy) is 2. The van der Waals surface area contributed by atoms with Crippen molar-refractivity contribution in [1.82, 2.24) is 4.90 Å². The predicted octanol–water partition coefficient (Wildman–Crippen LogP) is 2.17. The number of benzene rings is 1. The van der Waals surface area contributed by atoms with Crippen LogP contribution in [0.5, 0.6) is 11.5 Å². The minimum absolute atomic E-state index is 0.0155. The molecule has 1 fully saturated rings. The van der Waals surface area contributed by atoms with Crippen molar-refractivity contribution >= 4 is 11.9 Å². The number of aliphatic hydroxyl groups is 1. The normalized spacial score (nSPS) is 16.4. The third kappa shape index (κ3) is 4.66. The smallest absolute Gasteiger partial charge is 0.335 e. The Morgan fingerprint density at radius 3 is 2.42 bits per heavy atom. The second kappa shape index (κ2) is 8.40. The van der Waals surface area contributed by atoms with Crippen molar-refractivity contribution in [3.8, 4) is 11.5 Å². The highest BCUT2D eigenvalue weighted by atomic mass is 16.5. The van der Waals surface area contributed by atoms with E-state index >= 15 is 0 Å². The molecule has 26 heavy (non-hydrogen) atoms. The van der Waals surface area contributed by atoms with Crippen molar-refractivity contribution in [3.05, 3.63) is 23.8 Å². The zero-order chi connectivity index (χ0) is 19.3. The van der Waals surface area contributed by atoms with Gasteiger partial charge in [-0.3, -0.25) is 4.79 Å². The van der Waals surface area contributed by atoms with E-state index in [1.54, 1.807) is 23.1 Å². The molecule has 0 saturated carbocycles. The largest absolute Gasteiger partial charge is 0.493 e. The number of likely N-dealkylation sites (tertiary alicyclic amines) is 1. The molecule has 0 radical (unpaired) electrons. The molecule has 0 spiro atoms. The highest BCUT2D eigenvalue weighted by molar-refractivity contribution is 5.95. The Morgan fingerprint density at radius 1 is 1.23 bits per heavy atom. The van der Waals surface area contributed by atoms with Crippen molar-refractivity contribution in [2.75, 3.05) is 26.8 Å². The Kier molecular flexibility index (Phi) is 6.47. The van der Waals surface area contributed by atoms with Gasteiger partial charge in [-0.25, -0.2) is 4.79 Å². The maximum atomic E-state index is 12.7. The fourth-order valence-electron chi connectivity index (χ4n) is 2.80. The van der Waals surface area contributed by atoms with E-state index in [2.05, 4.69) is 13.8 Å². The third-order valence-electron chi connectivity index (χ3n) is 4.64. The lowest BCUT2D eigenvalue weighted by Crippen LogP contribution is -2.50. The number of amides is 1. The Labute approximate surface area is 153 Å². The van der Waals surface area contributed by atoms with Gasteiger partial charge >= 0.3 is 5.97 Å². The van der Waals surface area contributed by atoms with Gasteiger partial charge in [0, 0.05) is 31.5 Å². The summed E-state index contributed by atoms with van der Waals surface area (Å²) in [5.74, 6) is 0.145. The summed E-state index contributed by atoms with van der Waals surface area (Å²) in [6, 6.07) is 5.02. The molecule has 144 valence electrons. The summed E-state index contributed by atoms with van der Waals surface area (Å²) in [4.78, 5) is 25.3. The summed E-state index contributed by atoms with van der Waals surface area (Å²) in [5, 5.41) is 19.0. The van der Waals surface area contributed by atoms with Crippen molar-refractivity contribution in [3.63, 3.8) is 0 Å². The van der Waals surface area contributed by atoms with Crippen LogP contribution in [0.4, 0.5) is 0 Å². The van der Waals surface area contributed by atoms with Crippen molar-refractivity contribution in [1.29, 1.82) is 0 Å². The predicted molar refractivity (Wildman–Crippen MR) is 95.7 cm³/mol. The molecule has 0 unspecified atom stereocenters. The number of carbonyl (C=O) groups excluding carboxylic acids is 1. The van der Waals surface area contributed by atoms with Crippen LogP contribution in [0.15, 0.2) is 18.2 Å². The molecule has 1 aliphatic heterocycles. The van der Waals surface area contributed by atoms with E-state index in [1.165, 1.54) is 7.11 Å². The number of rotatable bonds is 7. The summed E-state index contributed by atoms with van der Waals surface area (Å²) < 4.78 is 11.1. The first kappa shape index (κ1) is 20.0. The Morgan fingerprint density at radius 2 is 1.88 bits per heavy atom. The van der Waals surface area contributed by atoms with Crippen LogP contribution in [0.25, 0.3) is 0 Å². The molecule has 1 aliphatic rings. The van der Waals surface area contributed by atoms with Gasteiger partial charge in [-0.2, -0.15) is 0 Å². The van der Waals surface area contributed by atoms with Gasteiger partial charge in [-0.1, -0.05) is 13.8 Å². The second-order valence-corrected chi connectivity index (χ2v) is 7.03. The lowest BCUT2D eigenvalue weighted by molar-refractivity contribution is -0.162. The zero-order valence-electron chi connectivity index (χ0n) is 15.5. The van der Waals surface area contributed by atoms with Gasteiger partial charge in [0.05, 0.1) is 13.7 Å². The van der Waals surface area contributed by atoms with Crippen molar-refractivity contribution in [2.45, 2.75) is 38.7 Å². The summed E-state index contributed by atoms with van der Waals surface area (Å²) in [7, 11) is 1.52. The summed E-state index contributed by atoms with van der Waals surface area (Å²) >= 11 is 0. The van der Waals surface area contributed by atoms with E-state index in [9.17, 15) is 14.7 Å². The van der Waals surface area contributed by atoms with Crippen LogP contribution >= 0.6 is 0 Å². The molecular formula is C19H27NO6. The first-order valence-corrected chi connectivity index (χ1v) is 8.82. The highest BCUT2D eigenvalue weighted by Gasteiger charge is 2.40. The van der Waals surface area contributed by atoms with E-state index < -0.39 is 11.6 Å². The van der Waals surface area contributed by atoms with E-state index in [-0.39, 0.29) is 31.8 Å². The Hall–Kier alpha value is -2.28.